The molecule has 2 N–H and O–H groups in total. The highest BCUT2D eigenvalue weighted by molar-refractivity contribution is 7.80. The number of pyridine rings is 1. The van der Waals surface area contributed by atoms with Crippen LogP contribution >= 0.6 is 35.4 Å². The first kappa shape index (κ1) is 25.2. The first-order valence-corrected chi connectivity index (χ1v) is 12.7. The molecule has 10 heteroatoms. The maximum Gasteiger partial charge on any atom is 0.226 e. The number of nitrogens with one attached hydrogen (secondary N) is 2. The Bertz CT molecular complexity index is 1450. The van der Waals surface area contributed by atoms with Gasteiger partial charge in [-0.1, -0.05) is 47.5 Å². The molecule has 0 saturated carbocycles. The fourth-order valence-corrected chi connectivity index (χ4v) is 5.03. The molecule has 0 aliphatic carbocycles. The molecule has 1 amide bonds. The van der Waals surface area contributed by atoms with Crippen molar-refractivity contribution in [1.82, 2.24) is 15.2 Å². The lowest BCUT2D eigenvalue weighted by molar-refractivity contribution is -0.116. The predicted octanol–water partition coefficient (Wildman–Crippen LogP) is 6.79. The van der Waals surface area contributed by atoms with E-state index in [4.69, 9.17) is 39.8 Å². The number of nitrogens with zero attached hydrogens (tertiary/aromatic N) is 2. The van der Waals surface area contributed by atoms with Crippen LogP contribution in [0, 0.1) is 5.82 Å². The van der Waals surface area contributed by atoms with Gasteiger partial charge in [0, 0.05) is 24.7 Å². The monoisotopic (exact) mass is 554 g/mol. The third-order valence-corrected chi connectivity index (χ3v) is 7.23. The van der Waals surface area contributed by atoms with Crippen LogP contribution in [0.25, 0.3) is 11.3 Å². The smallest absolute Gasteiger partial charge is 0.226 e. The molecule has 0 unspecified atom stereocenters. The summed E-state index contributed by atoms with van der Waals surface area (Å²) in [6.45, 7) is 0.272. The Morgan fingerprint density at radius 3 is 2.68 bits per heavy atom. The standard InChI is InChI=1S/C27H21Cl2FN4O2S/c28-17-7-5-6-16(24(17)29)21-11-12-22(36-21)26-25(20-10-3-4-14-31-20)33-27(37)34(26)15-13-23(35)32-19-9-2-1-8-18(19)30/h1-12,14,25-26H,13,15H2,(H,32,35)(H,33,37)/t25-,26+/m0/s1. The van der Waals surface area contributed by atoms with Crippen LogP contribution in [-0.2, 0) is 4.79 Å². The van der Waals surface area contributed by atoms with Crippen molar-refractivity contribution in [2.75, 3.05) is 11.9 Å². The molecule has 6 nitrogen and oxygen atoms in total. The van der Waals surface area contributed by atoms with Gasteiger partial charge in [-0.25, -0.2) is 4.39 Å². The number of carbonyl (C=O) groups is 1. The lowest BCUT2D eigenvalue weighted by Crippen LogP contribution is -2.32. The molecule has 188 valence electrons. The maximum atomic E-state index is 14.0. The first-order chi connectivity index (χ1) is 17.9. The molecular formula is C27H21Cl2FN4O2S. The van der Waals surface area contributed by atoms with E-state index in [1.807, 2.05) is 41.3 Å². The average molecular weight is 555 g/mol. The largest absolute Gasteiger partial charge is 0.459 e. The number of rotatable bonds is 7. The Morgan fingerprint density at radius 1 is 1.08 bits per heavy atom. The van der Waals surface area contributed by atoms with Crippen LogP contribution in [0.4, 0.5) is 10.1 Å². The van der Waals surface area contributed by atoms with Crippen LogP contribution in [0.5, 0.6) is 0 Å². The molecule has 1 aliphatic heterocycles. The number of amides is 1. The predicted molar refractivity (Wildman–Crippen MR) is 146 cm³/mol. The number of carbonyl (C=O) groups excluding carboxylic acids is 1. The Hall–Kier alpha value is -3.46. The number of anilines is 1. The van der Waals surface area contributed by atoms with Gasteiger partial charge >= 0.3 is 0 Å². The second-order valence-electron chi connectivity index (χ2n) is 8.40. The number of aromatic nitrogens is 1. The lowest BCUT2D eigenvalue weighted by atomic mass is 10.0. The van der Waals surface area contributed by atoms with Crippen molar-refractivity contribution < 1.29 is 13.6 Å². The summed E-state index contributed by atoms with van der Waals surface area (Å²) in [5.74, 6) is 0.338. The molecule has 4 aromatic rings. The number of para-hydroxylation sites is 1. The molecule has 1 fully saturated rings. The van der Waals surface area contributed by atoms with Gasteiger partial charge in [-0.05, 0) is 60.7 Å². The molecule has 2 atom stereocenters. The minimum atomic E-state index is -0.495. The summed E-state index contributed by atoms with van der Waals surface area (Å²) in [4.78, 5) is 19.0. The van der Waals surface area contributed by atoms with Gasteiger partial charge in [0.2, 0.25) is 5.91 Å². The van der Waals surface area contributed by atoms with Crippen molar-refractivity contribution in [2.24, 2.45) is 0 Å². The molecule has 3 heterocycles. The fourth-order valence-electron chi connectivity index (χ4n) is 4.30. The van der Waals surface area contributed by atoms with E-state index >= 15 is 0 Å². The van der Waals surface area contributed by atoms with Gasteiger partial charge in [-0.2, -0.15) is 0 Å². The molecule has 1 aliphatic rings. The van der Waals surface area contributed by atoms with Crippen molar-refractivity contribution >= 4 is 52.1 Å². The van der Waals surface area contributed by atoms with Gasteiger partial charge in [0.1, 0.15) is 23.4 Å². The van der Waals surface area contributed by atoms with Crippen molar-refractivity contribution in [3.63, 3.8) is 0 Å². The number of halogens is 3. The molecule has 0 spiro atoms. The van der Waals surface area contributed by atoms with Gasteiger partial charge in [-0.15, -0.1) is 0 Å². The fraction of sp³-hybridized carbons (Fsp3) is 0.148. The van der Waals surface area contributed by atoms with Crippen LogP contribution in [0.15, 0.2) is 83.4 Å². The number of hydrogen-bond acceptors (Lipinski definition) is 4. The van der Waals surface area contributed by atoms with E-state index in [0.717, 1.165) is 5.69 Å². The Morgan fingerprint density at radius 2 is 1.89 bits per heavy atom. The molecular weight excluding hydrogens is 534 g/mol. The third-order valence-electron chi connectivity index (χ3n) is 6.06. The van der Waals surface area contributed by atoms with Gasteiger partial charge in [0.25, 0.3) is 0 Å². The molecule has 37 heavy (non-hydrogen) atoms. The van der Waals surface area contributed by atoms with Gasteiger partial charge in [0.15, 0.2) is 5.11 Å². The number of furan rings is 1. The summed E-state index contributed by atoms with van der Waals surface area (Å²) in [6, 6.07) is 20.0. The molecule has 2 aromatic carbocycles. The quantitative estimate of drug-likeness (QED) is 0.245. The second kappa shape index (κ2) is 10.9. The summed E-state index contributed by atoms with van der Waals surface area (Å²) in [5, 5.41) is 7.21. The molecule has 5 rings (SSSR count). The van der Waals surface area contributed by atoms with Crippen molar-refractivity contribution in [2.45, 2.75) is 18.5 Å². The van der Waals surface area contributed by atoms with Crippen LogP contribution < -0.4 is 10.6 Å². The van der Waals surface area contributed by atoms with Crippen LogP contribution in [0.2, 0.25) is 10.0 Å². The summed E-state index contributed by atoms with van der Waals surface area (Å²) in [6.07, 6.45) is 1.79. The molecule has 1 saturated heterocycles. The van der Waals surface area contributed by atoms with Crippen molar-refractivity contribution in [3.8, 4) is 11.3 Å². The van der Waals surface area contributed by atoms with E-state index in [0.29, 0.717) is 32.2 Å². The van der Waals surface area contributed by atoms with E-state index in [-0.39, 0.29) is 30.6 Å². The van der Waals surface area contributed by atoms with E-state index in [1.165, 1.54) is 12.1 Å². The number of thiocarbonyl (C=S) groups is 1. The summed E-state index contributed by atoms with van der Waals surface area (Å²) in [5.41, 5.74) is 1.57. The van der Waals surface area contributed by atoms with E-state index in [9.17, 15) is 9.18 Å². The number of benzene rings is 2. The maximum absolute atomic E-state index is 14.0. The van der Waals surface area contributed by atoms with Gasteiger partial charge in [0.05, 0.1) is 27.5 Å². The minimum Gasteiger partial charge on any atom is -0.459 e. The summed E-state index contributed by atoms with van der Waals surface area (Å²) < 4.78 is 20.3. The third kappa shape index (κ3) is 5.32. The molecule has 0 radical (unpaired) electrons. The van der Waals surface area contributed by atoms with E-state index in [2.05, 4.69) is 15.6 Å². The molecule has 0 bridgehead atoms. The van der Waals surface area contributed by atoms with Crippen molar-refractivity contribution in [3.05, 3.63) is 106 Å². The van der Waals surface area contributed by atoms with Crippen LogP contribution in [-0.4, -0.2) is 27.4 Å². The highest BCUT2D eigenvalue weighted by Gasteiger charge is 2.41. The van der Waals surface area contributed by atoms with Crippen LogP contribution in [0.1, 0.15) is 30.0 Å². The average Bonchev–Trinajstić information content (AvgIpc) is 3.51. The molecule has 2 aromatic heterocycles. The highest BCUT2D eigenvalue weighted by Crippen LogP contribution is 2.42. The zero-order valence-electron chi connectivity index (χ0n) is 19.3. The second-order valence-corrected chi connectivity index (χ2v) is 9.57. The zero-order chi connectivity index (χ0) is 25.9. The van der Waals surface area contributed by atoms with Gasteiger partial charge < -0.3 is 20.0 Å². The minimum absolute atomic E-state index is 0.0787. The zero-order valence-corrected chi connectivity index (χ0v) is 21.7. The van der Waals surface area contributed by atoms with Crippen molar-refractivity contribution in [1.29, 1.82) is 0 Å². The van der Waals surface area contributed by atoms with E-state index < -0.39 is 11.9 Å². The summed E-state index contributed by atoms with van der Waals surface area (Å²) in [7, 11) is 0. The summed E-state index contributed by atoms with van der Waals surface area (Å²) >= 11 is 18.3. The first-order valence-electron chi connectivity index (χ1n) is 11.5. The Labute approximate surface area is 228 Å². The number of hydrogen-bond donors (Lipinski definition) is 2. The Kier molecular flexibility index (Phi) is 7.41. The lowest BCUT2D eigenvalue weighted by Gasteiger charge is -2.25. The Balaban J connectivity index is 1.42. The highest BCUT2D eigenvalue weighted by atomic mass is 35.5. The van der Waals surface area contributed by atoms with Crippen LogP contribution in [0.3, 0.4) is 0 Å². The normalized spacial score (nSPS) is 17.1. The topological polar surface area (TPSA) is 70.4 Å². The van der Waals surface area contributed by atoms with E-state index in [1.54, 1.807) is 30.5 Å². The SMILES string of the molecule is O=C(CCN1C(=S)N[C@@H](c2ccccn2)[C@H]1c1ccc(-c2cccc(Cl)c2Cl)o1)Nc1ccccc1F. The van der Waals surface area contributed by atoms with Gasteiger partial charge in [-0.3, -0.25) is 9.78 Å².